The van der Waals surface area contributed by atoms with Gasteiger partial charge in [0.05, 0.1) is 0 Å². The second kappa shape index (κ2) is 10.2. The molecule has 3 aromatic heterocycles. The fourth-order valence-electron chi connectivity index (χ4n) is 6.54. The molecule has 0 unspecified atom stereocenters. The van der Waals surface area contributed by atoms with E-state index in [9.17, 15) is 0 Å². The lowest BCUT2D eigenvalue weighted by Gasteiger charge is -2.10. The number of hydrogen-bond donors (Lipinski definition) is 0. The third-order valence-electron chi connectivity index (χ3n) is 8.77. The molecule has 0 saturated heterocycles. The fourth-order valence-corrected chi connectivity index (χ4v) is 7.73. The van der Waals surface area contributed by atoms with Crippen LogP contribution in [-0.2, 0) is 6.42 Å². The minimum atomic E-state index is 0.817. The topological polar surface area (TPSA) is 26.0 Å². The quantitative estimate of drug-likeness (QED) is 0.207. The number of pyridine rings is 1. The largest absolute Gasteiger partial charge is 0.454 e. The minimum absolute atomic E-state index is 0.817. The highest BCUT2D eigenvalue weighted by Crippen LogP contribution is 2.39. The van der Waals surface area contributed by atoms with Gasteiger partial charge < -0.3 is 4.42 Å². The summed E-state index contributed by atoms with van der Waals surface area (Å²) in [6.07, 6.45) is 8.74. The van der Waals surface area contributed by atoms with E-state index in [2.05, 4.69) is 120 Å². The van der Waals surface area contributed by atoms with Gasteiger partial charge in [-0.25, -0.2) is 0 Å². The molecule has 0 amide bonds. The van der Waals surface area contributed by atoms with Gasteiger partial charge in [-0.15, -0.1) is 11.3 Å². The van der Waals surface area contributed by atoms with E-state index < -0.39 is 0 Å². The summed E-state index contributed by atoms with van der Waals surface area (Å²) in [6, 6.07) is 43.8. The van der Waals surface area contributed by atoms with E-state index >= 15 is 0 Å². The molecule has 1 aliphatic carbocycles. The first-order valence-corrected chi connectivity index (χ1v) is 15.9. The van der Waals surface area contributed by atoms with Crippen LogP contribution in [0.4, 0.5) is 0 Å². The molecule has 44 heavy (non-hydrogen) atoms. The first kappa shape index (κ1) is 25.3. The highest BCUT2D eigenvalue weighted by molar-refractivity contribution is 7.19. The number of rotatable bonds is 4. The van der Waals surface area contributed by atoms with Crippen LogP contribution in [0.2, 0.25) is 0 Å². The summed E-state index contributed by atoms with van der Waals surface area (Å²) >= 11 is 1.95. The summed E-state index contributed by atoms with van der Waals surface area (Å²) < 4.78 is 7.38. The van der Waals surface area contributed by atoms with Gasteiger partial charge in [0.1, 0.15) is 11.1 Å². The second-order valence-corrected chi connectivity index (χ2v) is 12.6. The van der Waals surface area contributed by atoms with Crippen molar-refractivity contribution >= 4 is 49.6 Å². The predicted octanol–water partition coefficient (Wildman–Crippen LogP) is 11.8. The number of aromatic nitrogens is 1. The third kappa shape index (κ3) is 4.28. The van der Waals surface area contributed by atoms with Gasteiger partial charge in [-0.2, -0.15) is 0 Å². The molecule has 8 aromatic rings. The Bertz CT molecular complexity index is 2410. The Kier molecular flexibility index (Phi) is 5.85. The van der Waals surface area contributed by atoms with Gasteiger partial charge in [0, 0.05) is 26.5 Å². The number of thiophene rings is 1. The van der Waals surface area contributed by atoms with Crippen molar-refractivity contribution in [3.05, 3.63) is 144 Å². The highest BCUT2D eigenvalue weighted by atomic mass is 32.1. The number of furan rings is 1. The van der Waals surface area contributed by atoms with E-state index in [4.69, 9.17) is 4.42 Å². The molecule has 3 heterocycles. The normalized spacial score (nSPS) is 12.7. The van der Waals surface area contributed by atoms with E-state index in [-0.39, 0.29) is 0 Å². The van der Waals surface area contributed by atoms with E-state index in [0.29, 0.717) is 0 Å². The highest BCUT2D eigenvalue weighted by Gasteiger charge is 2.14. The van der Waals surface area contributed by atoms with Crippen LogP contribution < -0.4 is 0 Å². The monoisotopic (exact) mass is 581 g/mol. The summed E-state index contributed by atoms with van der Waals surface area (Å²) in [7, 11) is 0. The van der Waals surface area contributed by atoms with Crippen molar-refractivity contribution in [3.8, 4) is 44.5 Å². The molecule has 9 rings (SSSR count). The van der Waals surface area contributed by atoms with Crippen LogP contribution in [0.1, 0.15) is 16.9 Å². The molecule has 0 aliphatic heterocycles. The third-order valence-corrected chi connectivity index (χ3v) is 10.0. The molecule has 0 spiro atoms. The van der Waals surface area contributed by atoms with Gasteiger partial charge >= 0.3 is 0 Å². The lowest BCUT2D eigenvalue weighted by atomic mass is 9.94. The second-order valence-electron chi connectivity index (χ2n) is 11.5. The van der Waals surface area contributed by atoms with Crippen molar-refractivity contribution in [1.29, 1.82) is 0 Å². The van der Waals surface area contributed by atoms with Crippen molar-refractivity contribution in [2.45, 2.75) is 12.8 Å². The zero-order chi connectivity index (χ0) is 29.0. The molecule has 0 fully saturated rings. The standard InChI is InChI=1S/C41H27NOS/c1-2-15-39-34(13-1)35-24-33(17-19-40(35)44-39)31-12-5-10-29(23-31)27-8-3-7-26(21-27)28-9-4-11-30(22-28)32-16-18-37-36(25-32)41-38(43-37)14-6-20-42-41/h1,3-14,16-25H,2,15H2. The molecule has 208 valence electrons. The Morgan fingerprint density at radius 3 is 1.80 bits per heavy atom. The van der Waals surface area contributed by atoms with Crippen molar-refractivity contribution in [3.63, 3.8) is 0 Å². The molecular formula is C41H27NOS. The Hall–Kier alpha value is -5.25. The first-order valence-electron chi connectivity index (χ1n) is 15.1. The molecule has 0 N–H and O–H groups in total. The fraction of sp³-hybridized carbons (Fsp3) is 0.0488. The van der Waals surface area contributed by atoms with Gasteiger partial charge in [0.2, 0.25) is 0 Å². The van der Waals surface area contributed by atoms with Crippen LogP contribution in [0.5, 0.6) is 0 Å². The maximum Gasteiger partial charge on any atom is 0.153 e. The average molecular weight is 582 g/mol. The predicted molar refractivity (Wildman–Crippen MR) is 186 cm³/mol. The van der Waals surface area contributed by atoms with Crippen LogP contribution in [0.25, 0.3) is 82.7 Å². The van der Waals surface area contributed by atoms with E-state index in [1.54, 1.807) is 0 Å². The molecule has 2 nitrogen and oxygen atoms in total. The van der Waals surface area contributed by atoms with Gasteiger partial charge in [-0.1, -0.05) is 78.9 Å². The summed E-state index contributed by atoms with van der Waals surface area (Å²) in [6.45, 7) is 0. The van der Waals surface area contributed by atoms with Crippen LogP contribution in [0.3, 0.4) is 0 Å². The molecule has 0 saturated carbocycles. The molecule has 3 heteroatoms. The number of allylic oxidation sites excluding steroid dienone is 1. The Balaban J connectivity index is 1.06. The van der Waals surface area contributed by atoms with Crippen molar-refractivity contribution < 1.29 is 4.42 Å². The molecule has 5 aromatic carbocycles. The number of hydrogen-bond acceptors (Lipinski definition) is 3. The Morgan fingerprint density at radius 1 is 0.545 bits per heavy atom. The summed E-state index contributed by atoms with van der Waals surface area (Å²) in [5.74, 6) is 0. The van der Waals surface area contributed by atoms with Gasteiger partial charge in [-0.3, -0.25) is 4.98 Å². The van der Waals surface area contributed by atoms with Gasteiger partial charge in [0.15, 0.2) is 5.58 Å². The van der Waals surface area contributed by atoms with E-state index in [1.807, 2.05) is 35.7 Å². The Morgan fingerprint density at radius 2 is 1.14 bits per heavy atom. The number of fused-ring (bicyclic) bond motifs is 6. The van der Waals surface area contributed by atoms with Crippen LogP contribution in [0.15, 0.2) is 138 Å². The van der Waals surface area contributed by atoms with Crippen molar-refractivity contribution in [2.75, 3.05) is 0 Å². The molecular weight excluding hydrogens is 555 g/mol. The van der Waals surface area contributed by atoms with Crippen LogP contribution >= 0.6 is 11.3 Å². The Labute approximate surface area is 259 Å². The summed E-state index contributed by atoms with van der Waals surface area (Å²) in [5.41, 5.74) is 13.6. The first-order chi connectivity index (χ1) is 21.8. The van der Waals surface area contributed by atoms with Crippen LogP contribution in [0, 0.1) is 0 Å². The molecule has 0 atom stereocenters. The zero-order valence-corrected chi connectivity index (χ0v) is 24.8. The van der Waals surface area contributed by atoms with E-state index in [0.717, 1.165) is 40.5 Å². The number of benzene rings is 5. The molecule has 0 bridgehead atoms. The smallest absolute Gasteiger partial charge is 0.153 e. The minimum Gasteiger partial charge on any atom is -0.454 e. The number of aryl methyl sites for hydroxylation is 1. The molecule has 0 radical (unpaired) electrons. The van der Waals surface area contributed by atoms with Gasteiger partial charge in [-0.05, 0) is 118 Å². The average Bonchev–Trinajstić information content (AvgIpc) is 3.66. The SMILES string of the molecule is C1=Cc2c(sc3ccc(-c4cccc(-c5cccc(-c6cccc(-c7ccc8oc9cccnc9c8c7)c6)c5)c4)cc23)CC1. The number of nitrogens with zero attached hydrogens (tertiary/aromatic N) is 1. The van der Waals surface area contributed by atoms with E-state index in [1.165, 1.54) is 59.5 Å². The van der Waals surface area contributed by atoms with Crippen LogP contribution in [-0.4, -0.2) is 4.98 Å². The lowest BCUT2D eigenvalue weighted by Crippen LogP contribution is -1.87. The maximum absolute atomic E-state index is 6.00. The van der Waals surface area contributed by atoms with Crippen molar-refractivity contribution in [2.24, 2.45) is 0 Å². The molecule has 1 aliphatic rings. The lowest BCUT2D eigenvalue weighted by molar-refractivity contribution is 0.668. The van der Waals surface area contributed by atoms with Crippen molar-refractivity contribution in [1.82, 2.24) is 4.98 Å². The summed E-state index contributed by atoms with van der Waals surface area (Å²) in [5, 5.41) is 2.42. The maximum atomic E-state index is 6.00. The summed E-state index contributed by atoms with van der Waals surface area (Å²) in [4.78, 5) is 6.08. The van der Waals surface area contributed by atoms with Gasteiger partial charge in [0.25, 0.3) is 0 Å². The zero-order valence-electron chi connectivity index (χ0n) is 24.0.